The Hall–Kier alpha value is -2.72. The molecule has 0 unspecified atom stereocenters. The summed E-state index contributed by atoms with van der Waals surface area (Å²) in [7, 11) is 0. The molecule has 2 N–H and O–H groups in total. The third kappa shape index (κ3) is 5.20. The molecule has 0 saturated carbocycles. The number of hydrogen-bond acceptors (Lipinski definition) is 3. The zero-order valence-corrected chi connectivity index (χ0v) is 13.2. The molecule has 0 radical (unpaired) electrons. The number of carbonyl (C=O) groups excluding carboxylic acids is 1. The number of phenols is 1. The van der Waals surface area contributed by atoms with Crippen LogP contribution in [0.15, 0.2) is 66.8 Å². The molecular weight excluding hydrogens is 314 g/mol. The average molecular weight is 330 g/mol. The second-order valence-corrected chi connectivity index (χ2v) is 5.05. The zero-order valence-electron chi connectivity index (χ0n) is 12.5. The molecule has 0 fully saturated rings. The van der Waals surface area contributed by atoms with Crippen molar-refractivity contribution in [2.24, 2.45) is 0 Å². The standard InChI is InChI=1S/C18H16ClNO3/c1-2-3-4-5-18(22)20-14-7-9-15(10-8-14)23-17-11-6-13(19)12-16(17)21/h2-12,21H,1H3,(H,20,22)/b3-2+,5-4+. The van der Waals surface area contributed by atoms with Crippen molar-refractivity contribution in [1.82, 2.24) is 0 Å². The van der Waals surface area contributed by atoms with Crippen molar-refractivity contribution in [3.05, 3.63) is 71.8 Å². The number of carbonyl (C=O) groups is 1. The van der Waals surface area contributed by atoms with E-state index in [9.17, 15) is 9.90 Å². The molecule has 0 atom stereocenters. The molecular formula is C18H16ClNO3. The smallest absolute Gasteiger partial charge is 0.248 e. The highest BCUT2D eigenvalue weighted by atomic mass is 35.5. The van der Waals surface area contributed by atoms with Crippen LogP contribution < -0.4 is 10.1 Å². The molecule has 1 amide bonds. The van der Waals surface area contributed by atoms with E-state index in [1.165, 1.54) is 12.1 Å². The quantitative estimate of drug-likeness (QED) is 0.605. The first-order chi connectivity index (χ1) is 11.1. The fraction of sp³-hybridized carbons (Fsp3) is 0.0556. The largest absolute Gasteiger partial charge is 0.504 e. The average Bonchev–Trinajstić information content (AvgIpc) is 2.52. The lowest BCUT2D eigenvalue weighted by molar-refractivity contribution is -0.111. The summed E-state index contributed by atoms with van der Waals surface area (Å²) in [4.78, 5) is 11.6. The van der Waals surface area contributed by atoms with E-state index in [2.05, 4.69) is 5.32 Å². The lowest BCUT2D eigenvalue weighted by atomic mass is 10.3. The number of benzene rings is 2. The minimum Gasteiger partial charge on any atom is -0.504 e. The number of halogens is 1. The van der Waals surface area contributed by atoms with Crippen molar-refractivity contribution in [2.45, 2.75) is 6.92 Å². The van der Waals surface area contributed by atoms with Gasteiger partial charge in [-0.2, -0.15) is 0 Å². The summed E-state index contributed by atoms with van der Waals surface area (Å²) in [6, 6.07) is 11.4. The van der Waals surface area contributed by atoms with Crippen LogP contribution >= 0.6 is 11.6 Å². The fourth-order valence-corrected chi connectivity index (χ4v) is 1.91. The van der Waals surface area contributed by atoms with Crippen molar-refractivity contribution < 1.29 is 14.6 Å². The number of allylic oxidation sites excluding steroid dienone is 3. The van der Waals surface area contributed by atoms with Crippen molar-refractivity contribution in [2.75, 3.05) is 5.32 Å². The van der Waals surface area contributed by atoms with Gasteiger partial charge in [-0.1, -0.05) is 29.8 Å². The Balaban J connectivity index is 2.00. The second-order valence-electron chi connectivity index (χ2n) is 4.61. The number of aromatic hydroxyl groups is 1. The number of hydrogen-bond donors (Lipinski definition) is 2. The number of anilines is 1. The first-order valence-electron chi connectivity index (χ1n) is 6.95. The third-order valence-electron chi connectivity index (χ3n) is 2.82. The number of rotatable bonds is 5. The Labute approximate surface area is 139 Å². The van der Waals surface area contributed by atoms with Gasteiger partial charge in [-0.15, -0.1) is 0 Å². The fourth-order valence-electron chi connectivity index (χ4n) is 1.75. The highest BCUT2D eigenvalue weighted by Gasteiger charge is 2.05. The highest BCUT2D eigenvalue weighted by Crippen LogP contribution is 2.33. The Morgan fingerprint density at radius 2 is 1.91 bits per heavy atom. The van der Waals surface area contributed by atoms with Gasteiger partial charge in [0.25, 0.3) is 0 Å². The monoisotopic (exact) mass is 329 g/mol. The summed E-state index contributed by atoms with van der Waals surface area (Å²) in [6.45, 7) is 1.87. The van der Waals surface area contributed by atoms with Crippen LogP contribution in [0.3, 0.4) is 0 Å². The maximum Gasteiger partial charge on any atom is 0.248 e. The molecule has 0 spiro atoms. The molecule has 2 aromatic carbocycles. The van der Waals surface area contributed by atoms with Gasteiger partial charge in [-0.05, 0) is 43.3 Å². The summed E-state index contributed by atoms with van der Waals surface area (Å²) in [5.74, 6) is 0.585. The van der Waals surface area contributed by atoms with E-state index < -0.39 is 0 Å². The lowest BCUT2D eigenvalue weighted by Gasteiger charge is -2.09. The molecule has 2 aromatic rings. The van der Waals surface area contributed by atoms with Crippen LogP contribution in [-0.4, -0.2) is 11.0 Å². The second kappa shape index (κ2) is 8.06. The van der Waals surface area contributed by atoms with Gasteiger partial charge in [-0.3, -0.25) is 4.79 Å². The highest BCUT2D eigenvalue weighted by molar-refractivity contribution is 6.30. The Morgan fingerprint density at radius 1 is 1.17 bits per heavy atom. The number of amides is 1. The third-order valence-corrected chi connectivity index (χ3v) is 3.06. The first-order valence-corrected chi connectivity index (χ1v) is 7.33. The maximum atomic E-state index is 11.6. The van der Waals surface area contributed by atoms with Gasteiger partial charge in [0, 0.05) is 22.9 Å². The Kier molecular flexibility index (Phi) is 5.83. The van der Waals surface area contributed by atoms with Crippen LogP contribution in [0.2, 0.25) is 5.02 Å². The molecule has 0 aliphatic carbocycles. The Morgan fingerprint density at radius 3 is 2.57 bits per heavy atom. The van der Waals surface area contributed by atoms with Crippen LogP contribution in [0.4, 0.5) is 5.69 Å². The van der Waals surface area contributed by atoms with Crippen molar-refractivity contribution in [1.29, 1.82) is 0 Å². The van der Waals surface area contributed by atoms with E-state index in [1.54, 1.807) is 48.6 Å². The summed E-state index contributed by atoms with van der Waals surface area (Å²) in [6.07, 6.45) is 6.71. The van der Waals surface area contributed by atoms with Gasteiger partial charge in [0.1, 0.15) is 5.75 Å². The summed E-state index contributed by atoms with van der Waals surface area (Å²) >= 11 is 5.77. The lowest BCUT2D eigenvalue weighted by Crippen LogP contribution is -2.07. The maximum absolute atomic E-state index is 11.6. The first kappa shape index (κ1) is 16.6. The molecule has 0 heterocycles. The predicted molar refractivity (Wildman–Crippen MR) is 92.2 cm³/mol. The summed E-state index contributed by atoms with van der Waals surface area (Å²) in [5.41, 5.74) is 0.646. The molecule has 0 bridgehead atoms. The zero-order chi connectivity index (χ0) is 16.7. The van der Waals surface area contributed by atoms with E-state index in [0.29, 0.717) is 22.2 Å². The molecule has 0 aromatic heterocycles. The van der Waals surface area contributed by atoms with Crippen LogP contribution in [0.25, 0.3) is 0 Å². The van der Waals surface area contributed by atoms with E-state index in [0.717, 1.165) is 0 Å². The molecule has 0 aliphatic rings. The normalized spacial score (nSPS) is 11.0. The minimum atomic E-state index is -0.216. The number of ether oxygens (including phenoxy) is 1. The topological polar surface area (TPSA) is 58.6 Å². The summed E-state index contributed by atoms with van der Waals surface area (Å²) in [5, 5.41) is 12.9. The Bertz CT molecular complexity index is 736. The van der Waals surface area contributed by atoms with Gasteiger partial charge in [0.05, 0.1) is 0 Å². The van der Waals surface area contributed by atoms with Crippen molar-refractivity contribution in [3.8, 4) is 17.2 Å². The summed E-state index contributed by atoms with van der Waals surface area (Å²) < 4.78 is 5.56. The van der Waals surface area contributed by atoms with Gasteiger partial charge >= 0.3 is 0 Å². The number of nitrogens with one attached hydrogen (secondary N) is 1. The van der Waals surface area contributed by atoms with E-state index in [-0.39, 0.29) is 11.7 Å². The van der Waals surface area contributed by atoms with E-state index >= 15 is 0 Å². The molecule has 4 nitrogen and oxygen atoms in total. The van der Waals surface area contributed by atoms with Gasteiger partial charge < -0.3 is 15.2 Å². The van der Waals surface area contributed by atoms with E-state index in [4.69, 9.17) is 16.3 Å². The SMILES string of the molecule is C/C=C/C=C/C(=O)Nc1ccc(Oc2ccc(Cl)cc2O)cc1. The van der Waals surface area contributed by atoms with Crippen LogP contribution in [0, 0.1) is 0 Å². The molecule has 0 aliphatic heterocycles. The minimum absolute atomic E-state index is 0.0380. The predicted octanol–water partition coefficient (Wildman–Crippen LogP) is 4.91. The van der Waals surface area contributed by atoms with Gasteiger partial charge in [0.2, 0.25) is 5.91 Å². The van der Waals surface area contributed by atoms with Gasteiger partial charge in [0.15, 0.2) is 11.5 Å². The molecule has 118 valence electrons. The molecule has 23 heavy (non-hydrogen) atoms. The van der Waals surface area contributed by atoms with Crippen LogP contribution in [0.1, 0.15) is 6.92 Å². The van der Waals surface area contributed by atoms with E-state index in [1.807, 2.05) is 13.0 Å². The van der Waals surface area contributed by atoms with Crippen LogP contribution in [-0.2, 0) is 4.79 Å². The molecule has 2 rings (SSSR count). The molecule has 0 saturated heterocycles. The van der Waals surface area contributed by atoms with Crippen molar-refractivity contribution >= 4 is 23.2 Å². The number of phenolic OH excluding ortho intramolecular Hbond substituents is 1. The van der Waals surface area contributed by atoms with Crippen LogP contribution in [0.5, 0.6) is 17.2 Å². The van der Waals surface area contributed by atoms with Crippen molar-refractivity contribution in [3.63, 3.8) is 0 Å². The van der Waals surface area contributed by atoms with Gasteiger partial charge in [-0.25, -0.2) is 0 Å². The molecule has 5 heteroatoms.